The third-order valence-corrected chi connectivity index (χ3v) is 4.38. The fourth-order valence-electron chi connectivity index (χ4n) is 2.98. The summed E-state index contributed by atoms with van der Waals surface area (Å²) >= 11 is 0. The summed E-state index contributed by atoms with van der Waals surface area (Å²) in [7, 11) is 0. The molecule has 6 nitrogen and oxygen atoms in total. The van der Waals surface area contributed by atoms with Gasteiger partial charge < -0.3 is 10.2 Å². The number of nitro groups is 1. The van der Waals surface area contributed by atoms with Crippen LogP contribution in [0, 0.1) is 10.1 Å². The molecule has 0 aromatic heterocycles. The van der Waals surface area contributed by atoms with Crippen molar-refractivity contribution in [3.8, 4) is 0 Å². The van der Waals surface area contributed by atoms with Crippen LogP contribution in [-0.2, 0) is 0 Å². The van der Waals surface area contributed by atoms with Crippen molar-refractivity contribution >= 4 is 11.6 Å². The van der Waals surface area contributed by atoms with Crippen LogP contribution in [0.3, 0.4) is 0 Å². The van der Waals surface area contributed by atoms with E-state index in [0.29, 0.717) is 12.1 Å². The summed E-state index contributed by atoms with van der Waals surface area (Å²) in [5, 5.41) is 13.5. The largest absolute Gasteiger partial charge is 0.352 e. The minimum atomic E-state index is -0.468. The molecule has 1 unspecified atom stereocenters. The predicted octanol–water partition coefficient (Wildman–Crippen LogP) is 1.17. The van der Waals surface area contributed by atoms with Crippen molar-refractivity contribution in [3.63, 3.8) is 0 Å². The van der Waals surface area contributed by atoms with Crippen LogP contribution in [0.2, 0.25) is 0 Å². The van der Waals surface area contributed by atoms with Crippen LogP contribution in [-0.4, -0.2) is 36.5 Å². The standard InChI is InChI=1S/C16H23N3O3/c1-13-5-2-3-11-18(13)12-4-10-17-16(20)14-6-8-15(9-7-14)19(21)22/h6-9,13H,2-5,10-12H2,1H3,(H,17,20)/p+1/t13-/m0/s1. The van der Waals surface area contributed by atoms with Crippen molar-refractivity contribution in [2.75, 3.05) is 19.6 Å². The average Bonchev–Trinajstić information content (AvgIpc) is 2.53. The lowest BCUT2D eigenvalue weighted by Gasteiger charge is -2.30. The molecule has 1 fully saturated rings. The van der Waals surface area contributed by atoms with Crippen molar-refractivity contribution in [1.29, 1.82) is 0 Å². The number of nitrogens with one attached hydrogen (secondary N) is 2. The first-order valence-corrected chi connectivity index (χ1v) is 7.95. The number of quaternary nitrogens is 1. The molecule has 0 aliphatic carbocycles. The molecule has 1 amide bonds. The van der Waals surface area contributed by atoms with E-state index in [1.165, 1.54) is 50.1 Å². The van der Waals surface area contributed by atoms with E-state index in [0.717, 1.165) is 19.0 Å². The van der Waals surface area contributed by atoms with Gasteiger partial charge in [0.25, 0.3) is 11.6 Å². The molecule has 2 N–H and O–H groups in total. The number of likely N-dealkylation sites (tertiary alicyclic amines) is 1. The Morgan fingerprint density at radius 3 is 2.73 bits per heavy atom. The fourth-order valence-corrected chi connectivity index (χ4v) is 2.98. The third kappa shape index (κ3) is 4.53. The van der Waals surface area contributed by atoms with Gasteiger partial charge in [0.1, 0.15) is 0 Å². The van der Waals surface area contributed by atoms with E-state index in [-0.39, 0.29) is 11.6 Å². The van der Waals surface area contributed by atoms with Gasteiger partial charge in [0.2, 0.25) is 0 Å². The summed E-state index contributed by atoms with van der Waals surface area (Å²) in [6, 6.07) is 6.42. The summed E-state index contributed by atoms with van der Waals surface area (Å²) in [5.74, 6) is -0.170. The van der Waals surface area contributed by atoms with Gasteiger partial charge in [-0.3, -0.25) is 14.9 Å². The number of nitro benzene ring substituents is 1. The molecule has 2 rings (SSSR count). The summed E-state index contributed by atoms with van der Waals surface area (Å²) < 4.78 is 0. The lowest BCUT2D eigenvalue weighted by atomic mass is 10.0. The average molecular weight is 306 g/mol. The minimum absolute atomic E-state index is 0.000707. The van der Waals surface area contributed by atoms with Crippen LogP contribution < -0.4 is 10.2 Å². The highest BCUT2D eigenvalue weighted by atomic mass is 16.6. The number of rotatable bonds is 6. The Morgan fingerprint density at radius 1 is 1.36 bits per heavy atom. The van der Waals surface area contributed by atoms with Crippen LogP contribution in [0.5, 0.6) is 0 Å². The molecule has 22 heavy (non-hydrogen) atoms. The van der Waals surface area contributed by atoms with E-state index in [1.54, 1.807) is 4.90 Å². The normalized spacial score (nSPS) is 21.3. The molecular formula is C16H24N3O3+. The summed E-state index contributed by atoms with van der Waals surface area (Å²) in [4.78, 5) is 23.7. The number of benzene rings is 1. The van der Waals surface area contributed by atoms with Gasteiger partial charge in [-0.05, 0) is 38.3 Å². The van der Waals surface area contributed by atoms with Crippen LogP contribution >= 0.6 is 0 Å². The second-order valence-electron chi connectivity index (χ2n) is 5.97. The van der Waals surface area contributed by atoms with Crippen LogP contribution in [0.4, 0.5) is 5.69 Å². The molecule has 0 spiro atoms. The Balaban J connectivity index is 1.72. The Kier molecular flexibility index (Phi) is 5.89. The molecule has 0 saturated carbocycles. The van der Waals surface area contributed by atoms with Crippen LogP contribution in [0.1, 0.15) is 43.0 Å². The van der Waals surface area contributed by atoms with Gasteiger partial charge in [0.05, 0.1) is 24.1 Å². The van der Waals surface area contributed by atoms with E-state index in [9.17, 15) is 14.9 Å². The second-order valence-corrected chi connectivity index (χ2v) is 5.97. The lowest BCUT2D eigenvalue weighted by Crippen LogP contribution is -3.16. The SMILES string of the molecule is C[C@H]1CCCC[NH+]1CCCNC(=O)c1ccc([N+](=O)[O-])cc1. The summed E-state index contributed by atoms with van der Waals surface area (Å²) in [5.41, 5.74) is 0.462. The number of hydrogen-bond donors (Lipinski definition) is 2. The Bertz CT molecular complexity index is 516. The van der Waals surface area contributed by atoms with E-state index in [2.05, 4.69) is 12.2 Å². The Labute approximate surface area is 130 Å². The highest BCUT2D eigenvalue weighted by Gasteiger charge is 2.20. The first-order chi connectivity index (χ1) is 10.6. The molecule has 2 atom stereocenters. The Morgan fingerprint density at radius 2 is 2.09 bits per heavy atom. The zero-order valence-electron chi connectivity index (χ0n) is 13.0. The lowest BCUT2D eigenvalue weighted by molar-refractivity contribution is -0.928. The molecule has 0 bridgehead atoms. The van der Waals surface area contributed by atoms with E-state index >= 15 is 0 Å². The number of amides is 1. The van der Waals surface area contributed by atoms with E-state index in [1.807, 2.05) is 0 Å². The molecular weight excluding hydrogens is 282 g/mol. The number of carbonyl (C=O) groups is 1. The van der Waals surface area contributed by atoms with Gasteiger partial charge >= 0.3 is 0 Å². The molecule has 1 aliphatic rings. The highest BCUT2D eigenvalue weighted by Crippen LogP contribution is 2.11. The van der Waals surface area contributed by atoms with Crippen molar-refractivity contribution in [2.45, 2.75) is 38.6 Å². The molecule has 120 valence electrons. The van der Waals surface area contributed by atoms with Crippen molar-refractivity contribution in [3.05, 3.63) is 39.9 Å². The molecule has 1 aromatic rings. The van der Waals surface area contributed by atoms with Gasteiger partial charge in [-0.1, -0.05) is 0 Å². The molecule has 1 heterocycles. The van der Waals surface area contributed by atoms with Gasteiger partial charge in [0.15, 0.2) is 0 Å². The molecule has 1 aromatic carbocycles. The van der Waals surface area contributed by atoms with Crippen LogP contribution in [0.15, 0.2) is 24.3 Å². The minimum Gasteiger partial charge on any atom is -0.352 e. The number of piperidine rings is 1. The zero-order chi connectivity index (χ0) is 15.9. The Hall–Kier alpha value is -1.95. The molecule has 0 radical (unpaired) electrons. The zero-order valence-corrected chi connectivity index (χ0v) is 13.0. The van der Waals surface area contributed by atoms with Gasteiger partial charge in [-0.25, -0.2) is 0 Å². The number of nitrogens with zero attached hydrogens (tertiary/aromatic N) is 1. The first-order valence-electron chi connectivity index (χ1n) is 7.95. The predicted molar refractivity (Wildman–Crippen MR) is 84.1 cm³/mol. The summed E-state index contributed by atoms with van der Waals surface area (Å²) in [6.07, 6.45) is 4.89. The highest BCUT2D eigenvalue weighted by molar-refractivity contribution is 5.94. The second kappa shape index (κ2) is 7.89. The topological polar surface area (TPSA) is 76.7 Å². The molecule has 6 heteroatoms. The number of carbonyl (C=O) groups excluding carboxylic acids is 1. The monoisotopic (exact) mass is 306 g/mol. The number of hydrogen-bond acceptors (Lipinski definition) is 3. The molecule has 1 aliphatic heterocycles. The maximum Gasteiger partial charge on any atom is 0.269 e. The maximum atomic E-state index is 12.0. The van der Waals surface area contributed by atoms with Crippen molar-refractivity contribution < 1.29 is 14.6 Å². The van der Waals surface area contributed by atoms with Gasteiger partial charge in [-0.15, -0.1) is 0 Å². The van der Waals surface area contributed by atoms with Gasteiger partial charge in [-0.2, -0.15) is 0 Å². The third-order valence-electron chi connectivity index (χ3n) is 4.38. The van der Waals surface area contributed by atoms with E-state index in [4.69, 9.17) is 0 Å². The van der Waals surface area contributed by atoms with Crippen molar-refractivity contribution in [2.24, 2.45) is 0 Å². The fraction of sp³-hybridized carbons (Fsp3) is 0.562. The smallest absolute Gasteiger partial charge is 0.269 e. The number of non-ortho nitro benzene ring substituents is 1. The maximum absolute atomic E-state index is 12.0. The van der Waals surface area contributed by atoms with E-state index < -0.39 is 4.92 Å². The molecule has 1 saturated heterocycles. The van der Waals surface area contributed by atoms with Crippen LogP contribution in [0.25, 0.3) is 0 Å². The van der Waals surface area contributed by atoms with Crippen molar-refractivity contribution in [1.82, 2.24) is 5.32 Å². The quantitative estimate of drug-likeness (QED) is 0.470. The van der Waals surface area contributed by atoms with Gasteiger partial charge in [0, 0.05) is 30.7 Å². The first kappa shape index (κ1) is 16.4. The summed E-state index contributed by atoms with van der Waals surface area (Å²) in [6.45, 7) is 5.26.